The zero-order valence-corrected chi connectivity index (χ0v) is 18.2. The molecule has 1 aromatic carbocycles. The van der Waals surface area contributed by atoms with Crippen LogP contribution in [0.2, 0.25) is 0 Å². The summed E-state index contributed by atoms with van der Waals surface area (Å²) in [6.07, 6.45) is -2.49. The summed E-state index contributed by atoms with van der Waals surface area (Å²) in [6.45, 7) is 0.418. The number of carbonyl (C=O) groups excluding carboxylic acids is 1. The fourth-order valence-electron chi connectivity index (χ4n) is 3.88. The van der Waals surface area contributed by atoms with Gasteiger partial charge in [-0.15, -0.1) is 0 Å². The number of hydrogen-bond acceptors (Lipinski definition) is 6. The summed E-state index contributed by atoms with van der Waals surface area (Å²) in [5, 5.41) is 10.9. The lowest BCUT2D eigenvalue weighted by atomic mass is 9.91. The highest BCUT2D eigenvalue weighted by atomic mass is 19.4. The van der Waals surface area contributed by atoms with Crippen molar-refractivity contribution < 1.29 is 23.1 Å². The molecule has 1 aliphatic heterocycles. The van der Waals surface area contributed by atoms with Crippen LogP contribution in [0, 0.1) is 0 Å². The molecule has 2 heterocycles. The third kappa shape index (κ3) is 5.78. The second-order valence-corrected chi connectivity index (χ2v) is 8.10. The summed E-state index contributed by atoms with van der Waals surface area (Å²) in [5.74, 6) is -0.0214. The number of anilines is 1. The molecule has 0 spiro atoms. The molecular weight excluding hydrogens is 439 g/mol. The van der Waals surface area contributed by atoms with E-state index in [4.69, 9.17) is 5.73 Å². The molecule has 1 amide bonds. The van der Waals surface area contributed by atoms with E-state index in [1.807, 2.05) is 30.3 Å². The minimum atomic E-state index is -4.81. The molecular formula is C22H26F3N5O3. The van der Waals surface area contributed by atoms with Crippen LogP contribution in [0.25, 0.3) is 0 Å². The van der Waals surface area contributed by atoms with Crippen molar-refractivity contribution in [2.45, 2.75) is 44.0 Å². The van der Waals surface area contributed by atoms with Crippen LogP contribution in [0.4, 0.5) is 18.9 Å². The fourth-order valence-corrected chi connectivity index (χ4v) is 3.88. The van der Waals surface area contributed by atoms with Crippen molar-refractivity contribution in [2.24, 2.45) is 4.99 Å². The predicted molar refractivity (Wildman–Crippen MR) is 117 cm³/mol. The number of piperidine rings is 1. The number of aryl methyl sites for hydroxylation is 1. The van der Waals surface area contributed by atoms with Crippen molar-refractivity contribution in [3.63, 3.8) is 0 Å². The van der Waals surface area contributed by atoms with Gasteiger partial charge in [-0.05, 0) is 24.8 Å². The summed E-state index contributed by atoms with van der Waals surface area (Å²) in [7, 11) is 0.938. The molecule has 178 valence electrons. The second-order valence-electron chi connectivity index (χ2n) is 8.10. The highest BCUT2D eigenvalue weighted by Gasteiger charge is 2.39. The Bertz CT molecular complexity index is 1070. The summed E-state index contributed by atoms with van der Waals surface area (Å²) in [5.41, 5.74) is 1.73. The Morgan fingerprint density at radius 3 is 2.45 bits per heavy atom. The molecule has 0 radical (unpaired) electrons. The van der Waals surface area contributed by atoms with Gasteiger partial charge in [-0.1, -0.05) is 30.3 Å². The number of aliphatic hydroxyl groups is 1. The Morgan fingerprint density at radius 1 is 1.24 bits per heavy atom. The number of likely N-dealkylation sites (tertiary alicyclic amines) is 1. The molecule has 3 N–H and O–H groups in total. The van der Waals surface area contributed by atoms with Gasteiger partial charge in [-0.25, -0.2) is 4.98 Å². The van der Waals surface area contributed by atoms with Gasteiger partial charge in [-0.3, -0.25) is 19.1 Å². The number of rotatable bonds is 6. The third-order valence-electron chi connectivity index (χ3n) is 5.77. The summed E-state index contributed by atoms with van der Waals surface area (Å²) in [6, 6.07) is 9.64. The maximum Gasteiger partial charge on any atom is 0.435 e. The van der Waals surface area contributed by atoms with Gasteiger partial charge in [0.25, 0.3) is 5.56 Å². The number of carbonyl (C=O) groups is 1. The normalized spacial score (nSPS) is 16.6. The number of alkyl halides is 3. The lowest BCUT2D eigenvalue weighted by Crippen LogP contribution is -2.50. The first-order chi connectivity index (χ1) is 15.5. The molecule has 0 saturated carbocycles. The predicted octanol–water partition coefficient (Wildman–Crippen LogP) is 1.79. The summed E-state index contributed by atoms with van der Waals surface area (Å²) >= 11 is 0. The maximum absolute atomic E-state index is 13.1. The number of nitrogens with two attached hydrogens (primary N) is 1. The molecule has 33 heavy (non-hydrogen) atoms. The Labute approximate surface area is 188 Å². The van der Waals surface area contributed by atoms with E-state index in [2.05, 4.69) is 9.98 Å². The van der Waals surface area contributed by atoms with Crippen LogP contribution in [-0.4, -0.2) is 63.1 Å². The Morgan fingerprint density at radius 2 is 1.88 bits per heavy atom. The van der Waals surface area contributed by atoms with Crippen LogP contribution >= 0.6 is 0 Å². The number of benzene rings is 1. The molecule has 0 unspecified atom stereocenters. The van der Waals surface area contributed by atoms with E-state index in [1.54, 1.807) is 4.90 Å². The van der Waals surface area contributed by atoms with Gasteiger partial charge in [0.2, 0.25) is 5.91 Å². The number of nitrogens with zero attached hydrogens (tertiary/aromatic N) is 4. The van der Waals surface area contributed by atoms with E-state index >= 15 is 0 Å². The van der Waals surface area contributed by atoms with Crippen LogP contribution < -0.4 is 11.3 Å². The first-order valence-electron chi connectivity index (χ1n) is 10.5. The second kappa shape index (κ2) is 9.74. The quantitative estimate of drug-likeness (QED) is 0.632. The van der Waals surface area contributed by atoms with Crippen LogP contribution in [0.15, 0.2) is 46.4 Å². The van der Waals surface area contributed by atoms with Crippen LogP contribution in [-0.2, 0) is 17.8 Å². The van der Waals surface area contributed by atoms with Crippen LogP contribution in [0.3, 0.4) is 0 Å². The lowest BCUT2D eigenvalue weighted by Gasteiger charge is -2.38. The van der Waals surface area contributed by atoms with E-state index in [9.17, 15) is 27.9 Å². The first-order valence-corrected chi connectivity index (χ1v) is 10.5. The number of nitrogen functional groups attached to an aromatic ring is 1. The highest BCUT2D eigenvalue weighted by molar-refractivity contribution is 6.06. The van der Waals surface area contributed by atoms with Crippen molar-refractivity contribution >= 4 is 17.3 Å². The van der Waals surface area contributed by atoms with Crippen molar-refractivity contribution in [3.8, 4) is 0 Å². The lowest BCUT2D eigenvalue weighted by molar-refractivity contribution is -0.135. The topological polar surface area (TPSA) is 114 Å². The zero-order valence-electron chi connectivity index (χ0n) is 18.2. The monoisotopic (exact) mass is 465 g/mol. The largest absolute Gasteiger partial charge is 0.435 e. The zero-order chi connectivity index (χ0) is 24.2. The Hall–Kier alpha value is -3.21. The molecule has 0 atom stereocenters. The average molecular weight is 465 g/mol. The van der Waals surface area contributed by atoms with E-state index in [0.29, 0.717) is 25.9 Å². The molecule has 1 fully saturated rings. The molecule has 1 aromatic heterocycles. The standard InChI is InChI=1S/C22H26F3N5O3/c1-27-19(22(23,24)25)18-17(26)20(32)30(14-28-18)13-21(33)9-11-29(12-10-21)16(31)8-7-15-5-3-2-4-6-15/h2-6,14,33H,7-13,26H2,1H3. The highest BCUT2D eigenvalue weighted by Crippen LogP contribution is 2.26. The van der Waals surface area contributed by atoms with Crippen LogP contribution in [0.1, 0.15) is 30.5 Å². The smallest absolute Gasteiger partial charge is 0.392 e. The van der Waals surface area contributed by atoms with Gasteiger partial charge in [-0.2, -0.15) is 13.2 Å². The van der Waals surface area contributed by atoms with Gasteiger partial charge in [0.15, 0.2) is 5.71 Å². The summed E-state index contributed by atoms with van der Waals surface area (Å²) in [4.78, 5) is 33.6. The Kier molecular flexibility index (Phi) is 7.21. The number of aliphatic imine (C=N–C) groups is 1. The van der Waals surface area contributed by atoms with E-state index < -0.39 is 34.4 Å². The average Bonchev–Trinajstić information content (AvgIpc) is 2.77. The molecule has 0 bridgehead atoms. The SMILES string of the molecule is CN=C(c1ncn(CC2(O)CCN(C(=O)CCc3ccccc3)CC2)c(=O)c1N)C(F)(F)F. The van der Waals surface area contributed by atoms with Gasteiger partial charge < -0.3 is 15.7 Å². The van der Waals surface area contributed by atoms with Gasteiger partial charge >= 0.3 is 6.18 Å². The maximum atomic E-state index is 13.1. The van der Waals surface area contributed by atoms with E-state index in [1.165, 1.54) is 0 Å². The molecule has 0 aliphatic carbocycles. The number of hydrogen-bond donors (Lipinski definition) is 2. The van der Waals surface area contributed by atoms with Gasteiger partial charge in [0.05, 0.1) is 18.5 Å². The van der Waals surface area contributed by atoms with Crippen molar-refractivity contribution in [1.82, 2.24) is 14.5 Å². The molecule has 11 heteroatoms. The molecule has 8 nitrogen and oxygen atoms in total. The van der Waals surface area contributed by atoms with Crippen molar-refractivity contribution in [3.05, 3.63) is 58.3 Å². The first kappa shape index (κ1) is 24.4. The van der Waals surface area contributed by atoms with Gasteiger partial charge in [0.1, 0.15) is 11.4 Å². The molecule has 2 aromatic rings. The van der Waals surface area contributed by atoms with Crippen molar-refractivity contribution in [1.29, 1.82) is 0 Å². The number of aromatic nitrogens is 2. The minimum Gasteiger partial charge on any atom is -0.392 e. The fraction of sp³-hybridized carbons (Fsp3) is 0.455. The third-order valence-corrected chi connectivity index (χ3v) is 5.77. The summed E-state index contributed by atoms with van der Waals surface area (Å²) < 4.78 is 40.3. The van der Waals surface area contributed by atoms with Gasteiger partial charge in [0, 0.05) is 26.6 Å². The number of amides is 1. The number of halogens is 3. The Balaban J connectivity index is 1.63. The van der Waals surface area contributed by atoms with E-state index in [0.717, 1.165) is 23.5 Å². The van der Waals surface area contributed by atoms with Crippen molar-refractivity contribution in [2.75, 3.05) is 25.9 Å². The molecule has 1 saturated heterocycles. The van der Waals surface area contributed by atoms with E-state index in [-0.39, 0.29) is 25.3 Å². The minimum absolute atomic E-state index is 0.0214. The molecule has 3 rings (SSSR count). The molecule has 1 aliphatic rings. The van der Waals surface area contributed by atoms with Crippen LogP contribution in [0.5, 0.6) is 0 Å².